The molecule has 1 fully saturated rings. The zero-order valence-corrected chi connectivity index (χ0v) is 14.5. The maximum Gasteiger partial charge on any atom is 0.313 e. The van der Waals surface area contributed by atoms with Gasteiger partial charge in [-0.05, 0) is 36.4 Å². The molecule has 1 saturated heterocycles. The normalized spacial score (nSPS) is 19.6. The number of ether oxygens (including phenoxy) is 1. The molecule has 1 heterocycles. The van der Waals surface area contributed by atoms with Crippen LogP contribution in [0.5, 0.6) is 0 Å². The first kappa shape index (κ1) is 18.3. The first-order valence-corrected chi connectivity index (χ1v) is 8.69. The molecule has 3 N–H and O–H groups in total. The van der Waals surface area contributed by atoms with Gasteiger partial charge in [0.15, 0.2) is 0 Å². The Balaban J connectivity index is 1.85. The summed E-state index contributed by atoms with van der Waals surface area (Å²) in [4.78, 5) is 34.8. The molecule has 0 aromatic heterocycles. The Morgan fingerprint density at radius 2 is 1.75 bits per heavy atom. The van der Waals surface area contributed by atoms with E-state index in [1.807, 2.05) is 0 Å². The van der Waals surface area contributed by atoms with Gasteiger partial charge in [-0.1, -0.05) is 0 Å². The maximum atomic E-state index is 11.9. The summed E-state index contributed by atoms with van der Waals surface area (Å²) in [6.07, 6.45) is 0.848. The topological polar surface area (TPSA) is 96.5 Å². The number of amides is 3. The quantitative estimate of drug-likeness (QED) is 0.693. The predicted molar refractivity (Wildman–Crippen MR) is 94.1 cm³/mol. The standard InChI is InChI=1S/C16H21N3O4S/c1-11(20)18-12-3-5-13(6-4-12)19-15(22)14(21)17-9-16(23-2)7-8-24-10-16/h3-6H,7-10H2,1-2H3,(H,17,21)(H,18,20)(H,19,22). The number of hydrogen-bond acceptors (Lipinski definition) is 5. The van der Waals surface area contributed by atoms with Crippen LogP contribution in [0, 0.1) is 0 Å². The fourth-order valence-electron chi connectivity index (χ4n) is 2.31. The van der Waals surface area contributed by atoms with E-state index in [1.165, 1.54) is 6.92 Å². The summed E-state index contributed by atoms with van der Waals surface area (Å²) in [5.41, 5.74) is 0.702. The summed E-state index contributed by atoms with van der Waals surface area (Å²) >= 11 is 1.77. The van der Waals surface area contributed by atoms with Crippen LogP contribution in [0.3, 0.4) is 0 Å². The molecular weight excluding hydrogens is 330 g/mol. The Morgan fingerprint density at radius 3 is 2.25 bits per heavy atom. The van der Waals surface area contributed by atoms with E-state index >= 15 is 0 Å². The first-order valence-electron chi connectivity index (χ1n) is 7.54. The summed E-state index contributed by atoms with van der Waals surface area (Å²) in [6.45, 7) is 1.72. The van der Waals surface area contributed by atoms with E-state index in [-0.39, 0.29) is 11.5 Å². The number of thioether (sulfide) groups is 1. The fraction of sp³-hybridized carbons (Fsp3) is 0.438. The third-order valence-corrected chi connectivity index (χ3v) is 4.96. The van der Waals surface area contributed by atoms with Gasteiger partial charge in [0.1, 0.15) is 0 Å². The lowest BCUT2D eigenvalue weighted by molar-refractivity contribution is -0.136. The third kappa shape index (κ3) is 4.97. The summed E-state index contributed by atoms with van der Waals surface area (Å²) < 4.78 is 5.49. The Hall–Kier alpha value is -2.06. The van der Waals surface area contributed by atoms with Crippen molar-refractivity contribution >= 4 is 40.9 Å². The van der Waals surface area contributed by atoms with Crippen LogP contribution >= 0.6 is 11.8 Å². The highest BCUT2D eigenvalue weighted by Gasteiger charge is 2.35. The van der Waals surface area contributed by atoms with Gasteiger partial charge in [-0.3, -0.25) is 14.4 Å². The molecule has 1 unspecified atom stereocenters. The minimum Gasteiger partial charge on any atom is -0.376 e. The molecule has 1 aliphatic rings. The second-order valence-corrected chi connectivity index (χ2v) is 6.69. The molecule has 1 aromatic carbocycles. The van der Waals surface area contributed by atoms with E-state index in [2.05, 4.69) is 16.0 Å². The fourth-order valence-corrected chi connectivity index (χ4v) is 3.71. The molecule has 0 saturated carbocycles. The van der Waals surface area contributed by atoms with Crippen molar-refractivity contribution in [3.05, 3.63) is 24.3 Å². The van der Waals surface area contributed by atoms with Crippen molar-refractivity contribution in [1.29, 1.82) is 0 Å². The number of methoxy groups -OCH3 is 1. The number of rotatable bonds is 5. The molecular formula is C16H21N3O4S. The van der Waals surface area contributed by atoms with Crippen molar-refractivity contribution in [2.24, 2.45) is 0 Å². The lowest BCUT2D eigenvalue weighted by Crippen LogP contribution is -2.47. The van der Waals surface area contributed by atoms with Crippen LogP contribution in [-0.4, -0.2) is 48.5 Å². The van der Waals surface area contributed by atoms with E-state index < -0.39 is 11.8 Å². The molecule has 1 aliphatic heterocycles. The zero-order valence-electron chi connectivity index (χ0n) is 13.7. The largest absolute Gasteiger partial charge is 0.376 e. The van der Waals surface area contributed by atoms with Crippen molar-refractivity contribution in [2.45, 2.75) is 18.9 Å². The van der Waals surface area contributed by atoms with Gasteiger partial charge in [0.05, 0.1) is 5.60 Å². The van der Waals surface area contributed by atoms with Crippen LogP contribution in [-0.2, 0) is 19.1 Å². The lowest BCUT2D eigenvalue weighted by atomic mass is 10.0. The summed E-state index contributed by atoms with van der Waals surface area (Å²) in [5.74, 6) is 0.170. The Bertz CT molecular complexity index is 612. The number of carbonyl (C=O) groups is 3. The Labute approximate surface area is 144 Å². The van der Waals surface area contributed by atoms with Crippen molar-refractivity contribution in [1.82, 2.24) is 5.32 Å². The second kappa shape index (κ2) is 8.16. The summed E-state index contributed by atoms with van der Waals surface area (Å²) in [6, 6.07) is 6.51. The molecule has 0 radical (unpaired) electrons. The van der Waals surface area contributed by atoms with Crippen LogP contribution in [0.25, 0.3) is 0 Å². The Morgan fingerprint density at radius 1 is 1.12 bits per heavy atom. The van der Waals surface area contributed by atoms with E-state index in [9.17, 15) is 14.4 Å². The first-order chi connectivity index (χ1) is 11.4. The molecule has 1 aromatic rings. The minimum atomic E-state index is -0.737. The maximum absolute atomic E-state index is 11.9. The van der Waals surface area contributed by atoms with Crippen LogP contribution in [0.1, 0.15) is 13.3 Å². The molecule has 2 rings (SSSR count). The van der Waals surface area contributed by atoms with Gasteiger partial charge in [0, 0.05) is 37.7 Å². The van der Waals surface area contributed by atoms with Gasteiger partial charge in [-0.15, -0.1) is 0 Å². The molecule has 1 atom stereocenters. The smallest absolute Gasteiger partial charge is 0.313 e. The van der Waals surface area contributed by atoms with E-state index in [1.54, 1.807) is 43.1 Å². The van der Waals surface area contributed by atoms with Gasteiger partial charge in [0.2, 0.25) is 5.91 Å². The van der Waals surface area contributed by atoms with E-state index in [0.29, 0.717) is 17.9 Å². The lowest BCUT2D eigenvalue weighted by Gasteiger charge is -2.26. The average molecular weight is 351 g/mol. The average Bonchev–Trinajstić information content (AvgIpc) is 3.03. The number of anilines is 2. The molecule has 8 heteroatoms. The molecule has 3 amide bonds. The number of hydrogen-bond donors (Lipinski definition) is 3. The highest BCUT2D eigenvalue weighted by Crippen LogP contribution is 2.30. The molecule has 7 nitrogen and oxygen atoms in total. The van der Waals surface area contributed by atoms with Crippen molar-refractivity contribution in [3.8, 4) is 0 Å². The monoisotopic (exact) mass is 351 g/mol. The van der Waals surface area contributed by atoms with Gasteiger partial charge < -0.3 is 20.7 Å². The van der Waals surface area contributed by atoms with Crippen LogP contribution in [0.2, 0.25) is 0 Å². The number of carbonyl (C=O) groups excluding carboxylic acids is 3. The SMILES string of the molecule is COC1(CNC(=O)C(=O)Nc2ccc(NC(C)=O)cc2)CCSC1. The number of nitrogens with one attached hydrogen (secondary N) is 3. The molecule has 0 spiro atoms. The highest BCUT2D eigenvalue weighted by atomic mass is 32.2. The van der Waals surface area contributed by atoms with Gasteiger partial charge >= 0.3 is 11.8 Å². The van der Waals surface area contributed by atoms with Crippen LogP contribution in [0.15, 0.2) is 24.3 Å². The summed E-state index contributed by atoms with van der Waals surface area (Å²) in [7, 11) is 1.62. The Kier molecular flexibility index (Phi) is 6.22. The van der Waals surface area contributed by atoms with Crippen molar-refractivity contribution in [3.63, 3.8) is 0 Å². The predicted octanol–water partition coefficient (Wildman–Crippen LogP) is 1.22. The molecule has 0 bridgehead atoms. The van der Waals surface area contributed by atoms with Gasteiger partial charge in [0.25, 0.3) is 0 Å². The third-order valence-electron chi connectivity index (χ3n) is 3.74. The molecule has 24 heavy (non-hydrogen) atoms. The van der Waals surface area contributed by atoms with E-state index in [4.69, 9.17) is 4.74 Å². The summed E-state index contributed by atoms with van der Waals surface area (Å²) in [5, 5.41) is 7.77. The molecule has 130 valence electrons. The minimum absolute atomic E-state index is 0.177. The van der Waals surface area contributed by atoms with E-state index in [0.717, 1.165) is 17.9 Å². The van der Waals surface area contributed by atoms with Crippen molar-refractivity contribution in [2.75, 3.05) is 35.8 Å². The highest BCUT2D eigenvalue weighted by molar-refractivity contribution is 7.99. The molecule has 0 aliphatic carbocycles. The van der Waals surface area contributed by atoms with Gasteiger partial charge in [-0.25, -0.2) is 0 Å². The number of benzene rings is 1. The second-order valence-electron chi connectivity index (χ2n) is 5.59. The van der Waals surface area contributed by atoms with Crippen LogP contribution in [0.4, 0.5) is 11.4 Å². The van der Waals surface area contributed by atoms with Gasteiger partial charge in [-0.2, -0.15) is 11.8 Å². The van der Waals surface area contributed by atoms with Crippen molar-refractivity contribution < 1.29 is 19.1 Å². The zero-order chi connectivity index (χ0) is 17.6. The van der Waals surface area contributed by atoms with Crippen LogP contribution < -0.4 is 16.0 Å².